The Morgan fingerprint density at radius 2 is 1.00 bits per heavy atom. The summed E-state index contributed by atoms with van der Waals surface area (Å²) in [5.74, 6) is 0.729. The molecular formula is C28H21N3. The lowest BCUT2D eigenvalue weighted by Gasteiger charge is -2.10. The van der Waals surface area contributed by atoms with E-state index in [1.807, 2.05) is 54.9 Å². The molecule has 0 amide bonds. The van der Waals surface area contributed by atoms with Crippen LogP contribution in [0.2, 0.25) is 0 Å². The Morgan fingerprint density at radius 1 is 0.484 bits per heavy atom. The summed E-state index contributed by atoms with van der Waals surface area (Å²) in [4.78, 5) is 13.9. The Hall–Kier alpha value is -4.11. The van der Waals surface area contributed by atoms with Gasteiger partial charge >= 0.3 is 0 Å². The lowest BCUT2D eigenvalue weighted by atomic mass is 10.0. The van der Waals surface area contributed by atoms with Crippen molar-refractivity contribution in [3.05, 3.63) is 115 Å². The zero-order valence-electron chi connectivity index (χ0n) is 17.2. The second-order valence-corrected chi connectivity index (χ2v) is 7.51. The smallest absolute Gasteiger partial charge is 0.160 e. The van der Waals surface area contributed by atoms with Crippen molar-refractivity contribution in [2.24, 2.45) is 0 Å². The van der Waals surface area contributed by atoms with Gasteiger partial charge in [0.05, 0.1) is 11.4 Å². The van der Waals surface area contributed by atoms with E-state index in [1.165, 1.54) is 5.56 Å². The SMILES string of the molecule is Cc1ccc(-c2cc(-c3ccc(-c4ccncc4)cc3)nc(-c3ccccc3)n2)cc1. The van der Waals surface area contributed by atoms with Gasteiger partial charge in [-0.1, -0.05) is 84.4 Å². The van der Waals surface area contributed by atoms with Gasteiger partial charge in [-0.15, -0.1) is 0 Å². The Kier molecular flexibility index (Phi) is 5.07. The molecule has 3 aromatic carbocycles. The molecule has 148 valence electrons. The minimum atomic E-state index is 0.729. The molecule has 0 saturated carbocycles. The van der Waals surface area contributed by atoms with Crippen LogP contribution in [0.15, 0.2) is 109 Å². The van der Waals surface area contributed by atoms with E-state index in [4.69, 9.17) is 9.97 Å². The fraction of sp³-hybridized carbons (Fsp3) is 0.0357. The fourth-order valence-electron chi connectivity index (χ4n) is 3.56. The maximum atomic E-state index is 4.90. The standard InChI is InChI=1S/C28H21N3/c1-20-7-9-23(10-8-20)26-19-27(31-28(30-26)25-5-3-2-4-6-25)24-13-11-21(12-14-24)22-15-17-29-18-16-22/h2-19H,1H3. The largest absolute Gasteiger partial charge is 0.265 e. The molecule has 0 aliphatic carbocycles. The molecule has 0 radical (unpaired) electrons. The average molecular weight is 399 g/mol. The predicted octanol–water partition coefficient (Wildman–Crippen LogP) is 6.85. The molecule has 31 heavy (non-hydrogen) atoms. The van der Waals surface area contributed by atoms with Crippen LogP contribution in [0.1, 0.15) is 5.56 Å². The van der Waals surface area contributed by atoms with Crippen molar-refractivity contribution in [2.75, 3.05) is 0 Å². The third-order valence-electron chi connectivity index (χ3n) is 5.30. The molecule has 5 aromatic rings. The molecule has 0 atom stereocenters. The Labute approximate surface area is 182 Å². The second kappa shape index (κ2) is 8.33. The number of hydrogen-bond donors (Lipinski definition) is 0. The van der Waals surface area contributed by atoms with Crippen molar-refractivity contribution in [3.8, 4) is 45.0 Å². The highest BCUT2D eigenvalue weighted by atomic mass is 14.9. The van der Waals surface area contributed by atoms with E-state index in [-0.39, 0.29) is 0 Å². The van der Waals surface area contributed by atoms with Crippen LogP contribution in [0.5, 0.6) is 0 Å². The second-order valence-electron chi connectivity index (χ2n) is 7.51. The highest BCUT2D eigenvalue weighted by Crippen LogP contribution is 2.29. The van der Waals surface area contributed by atoms with Gasteiger partial charge in [-0.05, 0) is 36.2 Å². The third-order valence-corrected chi connectivity index (χ3v) is 5.30. The summed E-state index contributed by atoms with van der Waals surface area (Å²) in [5, 5.41) is 0. The first-order valence-electron chi connectivity index (χ1n) is 10.3. The quantitative estimate of drug-likeness (QED) is 0.332. The maximum absolute atomic E-state index is 4.90. The molecule has 0 spiro atoms. The van der Waals surface area contributed by atoms with Crippen LogP contribution in [0.3, 0.4) is 0 Å². The Morgan fingerprint density at radius 3 is 1.61 bits per heavy atom. The van der Waals surface area contributed by atoms with Gasteiger partial charge in [-0.2, -0.15) is 0 Å². The molecule has 0 N–H and O–H groups in total. The van der Waals surface area contributed by atoms with Crippen molar-refractivity contribution < 1.29 is 0 Å². The molecule has 0 saturated heterocycles. The summed E-state index contributed by atoms with van der Waals surface area (Å²) in [6.45, 7) is 2.09. The van der Waals surface area contributed by atoms with Gasteiger partial charge in [0.15, 0.2) is 5.82 Å². The topological polar surface area (TPSA) is 38.7 Å². The van der Waals surface area contributed by atoms with E-state index < -0.39 is 0 Å². The van der Waals surface area contributed by atoms with Crippen LogP contribution < -0.4 is 0 Å². The molecule has 5 rings (SSSR count). The van der Waals surface area contributed by atoms with Gasteiger partial charge in [0.2, 0.25) is 0 Å². The number of hydrogen-bond acceptors (Lipinski definition) is 3. The molecule has 0 fully saturated rings. The van der Waals surface area contributed by atoms with E-state index in [1.54, 1.807) is 0 Å². The molecular weight excluding hydrogens is 378 g/mol. The first kappa shape index (κ1) is 18.9. The van der Waals surface area contributed by atoms with Crippen molar-refractivity contribution in [2.45, 2.75) is 6.92 Å². The Balaban J connectivity index is 1.60. The number of rotatable bonds is 4. The number of benzene rings is 3. The summed E-state index contributed by atoms with van der Waals surface area (Å²) < 4.78 is 0. The van der Waals surface area contributed by atoms with Gasteiger partial charge in [0.25, 0.3) is 0 Å². The molecule has 2 aromatic heterocycles. The first-order chi connectivity index (χ1) is 15.3. The van der Waals surface area contributed by atoms with Crippen molar-refractivity contribution in [1.82, 2.24) is 15.0 Å². The fourth-order valence-corrected chi connectivity index (χ4v) is 3.56. The van der Waals surface area contributed by atoms with Crippen molar-refractivity contribution >= 4 is 0 Å². The van der Waals surface area contributed by atoms with E-state index in [0.29, 0.717) is 0 Å². The summed E-state index contributed by atoms with van der Waals surface area (Å²) in [7, 11) is 0. The number of nitrogens with zero attached hydrogens (tertiary/aromatic N) is 3. The van der Waals surface area contributed by atoms with E-state index >= 15 is 0 Å². The summed E-state index contributed by atoms with van der Waals surface area (Å²) in [6.07, 6.45) is 3.63. The molecule has 0 aliphatic rings. The molecule has 2 heterocycles. The monoisotopic (exact) mass is 399 g/mol. The predicted molar refractivity (Wildman–Crippen MR) is 126 cm³/mol. The summed E-state index contributed by atoms with van der Waals surface area (Å²) in [6, 6.07) is 33.2. The van der Waals surface area contributed by atoms with E-state index in [0.717, 1.165) is 45.0 Å². The van der Waals surface area contributed by atoms with Crippen LogP contribution in [0, 0.1) is 6.92 Å². The van der Waals surface area contributed by atoms with Gasteiger partial charge in [0, 0.05) is 29.1 Å². The van der Waals surface area contributed by atoms with Crippen LogP contribution >= 0.6 is 0 Å². The van der Waals surface area contributed by atoms with Crippen LogP contribution in [-0.4, -0.2) is 15.0 Å². The van der Waals surface area contributed by atoms with Gasteiger partial charge in [0.1, 0.15) is 0 Å². The van der Waals surface area contributed by atoms with Crippen LogP contribution in [0.25, 0.3) is 45.0 Å². The van der Waals surface area contributed by atoms with Gasteiger partial charge < -0.3 is 0 Å². The zero-order chi connectivity index (χ0) is 21.0. The molecule has 0 bridgehead atoms. The highest BCUT2D eigenvalue weighted by molar-refractivity contribution is 5.74. The minimum absolute atomic E-state index is 0.729. The summed E-state index contributed by atoms with van der Waals surface area (Å²) in [5.41, 5.74) is 8.51. The lowest BCUT2D eigenvalue weighted by molar-refractivity contribution is 1.18. The normalized spacial score (nSPS) is 10.7. The molecule has 0 aliphatic heterocycles. The average Bonchev–Trinajstić information content (AvgIpc) is 2.85. The van der Waals surface area contributed by atoms with Crippen LogP contribution in [0.4, 0.5) is 0 Å². The van der Waals surface area contributed by atoms with Gasteiger partial charge in [-0.3, -0.25) is 4.98 Å². The number of aromatic nitrogens is 3. The molecule has 0 unspecified atom stereocenters. The summed E-state index contributed by atoms with van der Waals surface area (Å²) >= 11 is 0. The first-order valence-corrected chi connectivity index (χ1v) is 10.3. The number of pyridine rings is 1. The highest BCUT2D eigenvalue weighted by Gasteiger charge is 2.11. The minimum Gasteiger partial charge on any atom is -0.265 e. The molecule has 3 nitrogen and oxygen atoms in total. The zero-order valence-corrected chi connectivity index (χ0v) is 17.2. The number of aryl methyl sites for hydroxylation is 1. The van der Waals surface area contributed by atoms with E-state index in [9.17, 15) is 0 Å². The maximum Gasteiger partial charge on any atom is 0.160 e. The Bertz CT molecular complexity index is 1290. The van der Waals surface area contributed by atoms with E-state index in [2.05, 4.69) is 66.5 Å². The van der Waals surface area contributed by atoms with Crippen molar-refractivity contribution in [3.63, 3.8) is 0 Å². The molecule has 3 heteroatoms. The lowest BCUT2D eigenvalue weighted by Crippen LogP contribution is -1.96. The van der Waals surface area contributed by atoms with Gasteiger partial charge in [-0.25, -0.2) is 9.97 Å². The van der Waals surface area contributed by atoms with Crippen LogP contribution in [-0.2, 0) is 0 Å². The third kappa shape index (κ3) is 4.12. The van der Waals surface area contributed by atoms with Crippen molar-refractivity contribution in [1.29, 1.82) is 0 Å².